The van der Waals surface area contributed by atoms with Crippen LogP contribution in [0.25, 0.3) is 0 Å². The first kappa shape index (κ1) is 14.7. The molecule has 2 atom stereocenters. The molecular formula is C15H21NO4. The first-order valence-electron chi connectivity index (χ1n) is 6.73. The van der Waals surface area contributed by atoms with Crippen molar-refractivity contribution in [1.29, 1.82) is 0 Å². The van der Waals surface area contributed by atoms with Gasteiger partial charge in [-0.05, 0) is 32.9 Å². The number of amides is 1. The summed E-state index contributed by atoms with van der Waals surface area (Å²) in [6.45, 7) is 6.00. The Balaban J connectivity index is 1.94. The topological polar surface area (TPSA) is 59.0 Å². The van der Waals surface area contributed by atoms with Crippen LogP contribution in [-0.4, -0.2) is 47.0 Å². The number of benzene rings is 1. The SMILES string of the molecule is CC(C)(C)OC(=O)N1CC(O)C(Oc2ccccc2)C1. The third-order valence-corrected chi connectivity index (χ3v) is 2.92. The number of hydrogen-bond donors (Lipinski definition) is 1. The van der Waals surface area contributed by atoms with Gasteiger partial charge in [-0.2, -0.15) is 0 Å². The number of aliphatic hydroxyl groups is 1. The summed E-state index contributed by atoms with van der Waals surface area (Å²) in [7, 11) is 0. The van der Waals surface area contributed by atoms with Crippen LogP contribution in [0.15, 0.2) is 30.3 Å². The molecule has 1 aliphatic rings. The van der Waals surface area contributed by atoms with Crippen molar-refractivity contribution in [2.24, 2.45) is 0 Å². The number of nitrogens with zero attached hydrogens (tertiary/aromatic N) is 1. The van der Waals surface area contributed by atoms with Crippen LogP contribution in [0.2, 0.25) is 0 Å². The molecule has 20 heavy (non-hydrogen) atoms. The van der Waals surface area contributed by atoms with Gasteiger partial charge in [0.15, 0.2) is 0 Å². The van der Waals surface area contributed by atoms with Crippen molar-refractivity contribution < 1.29 is 19.4 Å². The second-order valence-corrected chi connectivity index (χ2v) is 5.92. The summed E-state index contributed by atoms with van der Waals surface area (Å²) >= 11 is 0. The van der Waals surface area contributed by atoms with Gasteiger partial charge in [0, 0.05) is 0 Å². The smallest absolute Gasteiger partial charge is 0.410 e. The number of para-hydroxylation sites is 1. The number of ether oxygens (including phenoxy) is 2. The molecule has 5 nitrogen and oxygen atoms in total. The number of β-amino-alcohol motifs (C(OH)–C–C–N with tert-alkyl or cyclic N) is 1. The van der Waals surface area contributed by atoms with E-state index in [0.717, 1.165) is 0 Å². The summed E-state index contributed by atoms with van der Waals surface area (Å²) in [5, 5.41) is 9.99. The predicted molar refractivity (Wildman–Crippen MR) is 74.7 cm³/mol. The number of rotatable bonds is 2. The zero-order valence-electron chi connectivity index (χ0n) is 12.1. The molecule has 0 bridgehead atoms. The highest BCUT2D eigenvalue weighted by molar-refractivity contribution is 5.68. The van der Waals surface area contributed by atoms with E-state index in [0.29, 0.717) is 12.3 Å². The molecule has 1 amide bonds. The Hall–Kier alpha value is -1.75. The standard InChI is InChI=1S/C15H21NO4/c1-15(2,3)20-14(18)16-9-12(17)13(10-16)19-11-7-5-4-6-8-11/h4-8,12-13,17H,9-10H2,1-3H3. The molecule has 1 fully saturated rings. The first-order valence-corrected chi connectivity index (χ1v) is 6.73. The fraction of sp³-hybridized carbons (Fsp3) is 0.533. The minimum absolute atomic E-state index is 0.229. The maximum Gasteiger partial charge on any atom is 0.410 e. The van der Waals surface area contributed by atoms with Crippen molar-refractivity contribution in [3.8, 4) is 5.75 Å². The fourth-order valence-electron chi connectivity index (χ4n) is 2.02. The molecule has 0 aromatic heterocycles. The monoisotopic (exact) mass is 279 g/mol. The maximum atomic E-state index is 11.9. The molecule has 1 N–H and O–H groups in total. The van der Waals surface area contributed by atoms with Gasteiger partial charge in [0.05, 0.1) is 13.1 Å². The molecule has 0 aliphatic carbocycles. The Labute approximate surface area is 119 Å². The molecule has 1 aromatic carbocycles. The molecule has 0 saturated carbocycles. The average Bonchev–Trinajstić information content (AvgIpc) is 2.70. The van der Waals surface area contributed by atoms with E-state index in [-0.39, 0.29) is 6.54 Å². The second-order valence-electron chi connectivity index (χ2n) is 5.92. The lowest BCUT2D eigenvalue weighted by Gasteiger charge is -2.24. The Bertz CT molecular complexity index is 455. The lowest BCUT2D eigenvalue weighted by Crippen LogP contribution is -2.36. The third kappa shape index (κ3) is 3.87. The van der Waals surface area contributed by atoms with Crippen molar-refractivity contribution in [2.75, 3.05) is 13.1 Å². The lowest BCUT2D eigenvalue weighted by atomic mass is 10.2. The highest BCUT2D eigenvalue weighted by Crippen LogP contribution is 2.20. The van der Waals surface area contributed by atoms with E-state index in [1.165, 1.54) is 4.90 Å². The summed E-state index contributed by atoms with van der Waals surface area (Å²) in [6, 6.07) is 9.27. The van der Waals surface area contributed by atoms with Crippen molar-refractivity contribution in [3.63, 3.8) is 0 Å². The van der Waals surface area contributed by atoms with E-state index in [4.69, 9.17) is 9.47 Å². The summed E-state index contributed by atoms with van der Waals surface area (Å²) < 4.78 is 11.0. The van der Waals surface area contributed by atoms with Gasteiger partial charge in [-0.25, -0.2) is 4.79 Å². The van der Waals surface area contributed by atoms with Gasteiger partial charge < -0.3 is 19.5 Å². The molecule has 1 heterocycles. The minimum Gasteiger partial charge on any atom is -0.486 e. The summed E-state index contributed by atoms with van der Waals surface area (Å²) in [5.74, 6) is 0.683. The van der Waals surface area contributed by atoms with E-state index in [1.54, 1.807) is 0 Å². The largest absolute Gasteiger partial charge is 0.486 e. The lowest BCUT2D eigenvalue weighted by molar-refractivity contribution is 0.0268. The highest BCUT2D eigenvalue weighted by atomic mass is 16.6. The molecule has 5 heteroatoms. The van der Waals surface area contributed by atoms with E-state index < -0.39 is 23.9 Å². The third-order valence-electron chi connectivity index (χ3n) is 2.92. The van der Waals surface area contributed by atoms with Crippen molar-refractivity contribution in [2.45, 2.75) is 38.6 Å². The van der Waals surface area contributed by atoms with Gasteiger partial charge in [-0.1, -0.05) is 18.2 Å². The molecule has 1 aliphatic heterocycles. The highest BCUT2D eigenvalue weighted by Gasteiger charge is 2.37. The number of likely N-dealkylation sites (tertiary alicyclic amines) is 1. The van der Waals surface area contributed by atoms with Crippen molar-refractivity contribution in [1.82, 2.24) is 4.90 Å². The molecule has 0 spiro atoms. The quantitative estimate of drug-likeness (QED) is 0.900. The van der Waals surface area contributed by atoms with Gasteiger partial charge >= 0.3 is 6.09 Å². The van der Waals surface area contributed by atoms with Crippen molar-refractivity contribution >= 4 is 6.09 Å². The number of carbonyl (C=O) groups excluding carboxylic acids is 1. The first-order chi connectivity index (χ1) is 9.35. The van der Waals surface area contributed by atoms with Crippen molar-refractivity contribution in [3.05, 3.63) is 30.3 Å². The van der Waals surface area contributed by atoms with Crippen LogP contribution >= 0.6 is 0 Å². The van der Waals surface area contributed by atoms with Crippen LogP contribution in [-0.2, 0) is 4.74 Å². The van der Waals surface area contributed by atoms with Crippen LogP contribution in [0.4, 0.5) is 4.79 Å². The van der Waals surface area contributed by atoms with E-state index in [9.17, 15) is 9.90 Å². The summed E-state index contributed by atoms with van der Waals surface area (Å²) in [4.78, 5) is 13.4. The Kier molecular flexibility index (Phi) is 4.18. The molecule has 1 saturated heterocycles. The Morgan fingerprint density at radius 1 is 1.25 bits per heavy atom. The van der Waals surface area contributed by atoms with Crippen LogP contribution in [0, 0.1) is 0 Å². The van der Waals surface area contributed by atoms with Crippen LogP contribution in [0.5, 0.6) is 5.75 Å². The Morgan fingerprint density at radius 2 is 1.90 bits per heavy atom. The number of aliphatic hydroxyl groups excluding tert-OH is 1. The van der Waals surface area contributed by atoms with E-state index in [1.807, 2.05) is 51.1 Å². The predicted octanol–water partition coefficient (Wildman–Crippen LogP) is 2.05. The normalized spacial score (nSPS) is 22.7. The second kappa shape index (κ2) is 5.71. The molecule has 2 unspecified atom stereocenters. The van der Waals surface area contributed by atoms with Gasteiger partial charge in [0.25, 0.3) is 0 Å². The Morgan fingerprint density at radius 3 is 2.50 bits per heavy atom. The zero-order chi connectivity index (χ0) is 14.8. The maximum absolute atomic E-state index is 11.9. The molecule has 0 radical (unpaired) electrons. The van der Waals surface area contributed by atoms with Crippen LogP contribution in [0.3, 0.4) is 0 Å². The van der Waals surface area contributed by atoms with Gasteiger partial charge in [0.2, 0.25) is 0 Å². The number of hydrogen-bond acceptors (Lipinski definition) is 4. The molecule has 1 aromatic rings. The minimum atomic E-state index is -0.706. The molecular weight excluding hydrogens is 258 g/mol. The van der Waals surface area contributed by atoms with E-state index in [2.05, 4.69) is 0 Å². The summed E-state index contributed by atoms with van der Waals surface area (Å²) in [5.41, 5.74) is -0.541. The van der Waals surface area contributed by atoms with Gasteiger partial charge in [0.1, 0.15) is 23.6 Å². The van der Waals surface area contributed by atoms with Crippen LogP contribution in [0.1, 0.15) is 20.8 Å². The van der Waals surface area contributed by atoms with Crippen LogP contribution < -0.4 is 4.74 Å². The molecule has 2 rings (SSSR count). The van der Waals surface area contributed by atoms with E-state index >= 15 is 0 Å². The summed E-state index contributed by atoms with van der Waals surface area (Å²) in [6.07, 6.45) is -1.55. The zero-order valence-corrected chi connectivity index (χ0v) is 12.1. The molecule has 110 valence electrons. The average molecular weight is 279 g/mol. The van der Waals surface area contributed by atoms with Gasteiger partial charge in [-0.3, -0.25) is 0 Å². The van der Waals surface area contributed by atoms with Gasteiger partial charge in [-0.15, -0.1) is 0 Å². The fourth-order valence-corrected chi connectivity index (χ4v) is 2.02. The number of carbonyl (C=O) groups is 1.